The molecule has 2 fully saturated rings. The minimum Gasteiger partial charge on any atom is -0.377 e. The number of rotatable bonds is 5. The zero-order valence-corrected chi connectivity index (χ0v) is 15.0. The maximum absolute atomic E-state index is 6.04. The van der Waals surface area contributed by atoms with Crippen LogP contribution in [0.3, 0.4) is 0 Å². The highest BCUT2D eigenvalue weighted by molar-refractivity contribution is 4.91. The average molecular weight is 296 g/mol. The van der Waals surface area contributed by atoms with Gasteiger partial charge in [-0.25, -0.2) is 0 Å². The molecule has 2 aliphatic rings. The molecular formula is C19H37NO. The van der Waals surface area contributed by atoms with E-state index in [0.29, 0.717) is 0 Å². The predicted molar refractivity (Wildman–Crippen MR) is 90.5 cm³/mol. The largest absolute Gasteiger partial charge is 0.377 e. The fourth-order valence-corrected chi connectivity index (χ4v) is 4.44. The normalized spacial score (nSPS) is 33.0. The van der Waals surface area contributed by atoms with Crippen molar-refractivity contribution in [2.45, 2.75) is 71.8 Å². The van der Waals surface area contributed by atoms with Gasteiger partial charge in [-0.2, -0.15) is 0 Å². The number of hydrogen-bond donors (Lipinski definition) is 0. The molecule has 0 atom stereocenters. The molecule has 0 unspecified atom stereocenters. The topological polar surface area (TPSA) is 12.5 Å². The van der Waals surface area contributed by atoms with Crippen molar-refractivity contribution in [1.82, 2.24) is 4.90 Å². The first kappa shape index (κ1) is 17.3. The first-order valence-corrected chi connectivity index (χ1v) is 9.23. The fourth-order valence-electron chi connectivity index (χ4n) is 4.44. The number of nitrogens with zero attached hydrogens (tertiary/aromatic N) is 1. The van der Waals surface area contributed by atoms with E-state index in [-0.39, 0.29) is 5.60 Å². The molecule has 0 aromatic rings. The molecule has 0 aromatic heterocycles. The van der Waals surface area contributed by atoms with Crippen molar-refractivity contribution in [3.63, 3.8) is 0 Å². The Hall–Kier alpha value is -0.0800. The number of likely N-dealkylation sites (tertiary alicyclic amines) is 1. The zero-order chi connectivity index (χ0) is 15.5. The quantitative estimate of drug-likeness (QED) is 0.736. The van der Waals surface area contributed by atoms with Gasteiger partial charge in [-0.15, -0.1) is 0 Å². The van der Waals surface area contributed by atoms with E-state index in [2.05, 4.69) is 32.6 Å². The lowest BCUT2D eigenvalue weighted by molar-refractivity contribution is -0.0779. The van der Waals surface area contributed by atoms with E-state index < -0.39 is 0 Å². The number of piperidine rings is 1. The van der Waals surface area contributed by atoms with Gasteiger partial charge in [-0.3, -0.25) is 0 Å². The van der Waals surface area contributed by atoms with Crippen LogP contribution < -0.4 is 0 Å². The lowest BCUT2D eigenvalue weighted by Gasteiger charge is -2.45. The SMILES string of the molecule is COC1(CN2CCC(C(C)C)CC2)CCC(C(C)C)CC1. The van der Waals surface area contributed by atoms with Gasteiger partial charge in [-0.1, -0.05) is 27.7 Å². The Morgan fingerprint density at radius 1 is 0.905 bits per heavy atom. The van der Waals surface area contributed by atoms with E-state index in [9.17, 15) is 0 Å². The van der Waals surface area contributed by atoms with Crippen molar-refractivity contribution in [2.75, 3.05) is 26.7 Å². The summed E-state index contributed by atoms with van der Waals surface area (Å²) in [5, 5.41) is 0. The highest BCUT2D eigenvalue weighted by atomic mass is 16.5. The molecule has 1 saturated carbocycles. The summed E-state index contributed by atoms with van der Waals surface area (Å²) < 4.78 is 6.04. The Morgan fingerprint density at radius 2 is 1.38 bits per heavy atom. The molecule has 2 heteroatoms. The highest BCUT2D eigenvalue weighted by Crippen LogP contribution is 2.39. The summed E-state index contributed by atoms with van der Waals surface area (Å²) in [5.74, 6) is 3.54. The van der Waals surface area contributed by atoms with E-state index in [1.807, 2.05) is 7.11 Å². The first-order chi connectivity index (χ1) is 9.96. The molecule has 1 heterocycles. The van der Waals surface area contributed by atoms with Crippen LogP contribution >= 0.6 is 0 Å². The molecule has 0 spiro atoms. The second kappa shape index (κ2) is 7.46. The van der Waals surface area contributed by atoms with Gasteiger partial charge in [-0.05, 0) is 75.3 Å². The summed E-state index contributed by atoms with van der Waals surface area (Å²) in [6, 6.07) is 0. The molecule has 1 aliphatic carbocycles. The van der Waals surface area contributed by atoms with Crippen LogP contribution in [0.5, 0.6) is 0 Å². The molecule has 2 nitrogen and oxygen atoms in total. The van der Waals surface area contributed by atoms with Crippen molar-refractivity contribution in [2.24, 2.45) is 23.7 Å². The molecule has 0 aromatic carbocycles. The third kappa shape index (κ3) is 4.45. The first-order valence-electron chi connectivity index (χ1n) is 9.23. The Morgan fingerprint density at radius 3 is 1.81 bits per heavy atom. The van der Waals surface area contributed by atoms with E-state index in [4.69, 9.17) is 4.74 Å². The van der Waals surface area contributed by atoms with Crippen molar-refractivity contribution >= 4 is 0 Å². The molecule has 0 bridgehead atoms. The Kier molecular flexibility index (Phi) is 6.14. The second-order valence-electron chi connectivity index (χ2n) is 8.33. The van der Waals surface area contributed by atoms with Gasteiger partial charge in [0, 0.05) is 13.7 Å². The number of methoxy groups -OCH3 is 1. The van der Waals surface area contributed by atoms with Crippen molar-refractivity contribution in [3.05, 3.63) is 0 Å². The summed E-state index contributed by atoms with van der Waals surface area (Å²) in [6.45, 7) is 13.2. The monoisotopic (exact) mass is 295 g/mol. The molecule has 21 heavy (non-hydrogen) atoms. The zero-order valence-electron chi connectivity index (χ0n) is 15.0. The maximum atomic E-state index is 6.04. The Labute approximate surface area is 132 Å². The van der Waals surface area contributed by atoms with Gasteiger partial charge < -0.3 is 9.64 Å². The molecule has 1 saturated heterocycles. The Bertz CT molecular complexity index is 297. The van der Waals surface area contributed by atoms with E-state index in [1.54, 1.807) is 0 Å². The van der Waals surface area contributed by atoms with Crippen LogP contribution in [0.1, 0.15) is 66.2 Å². The molecule has 0 amide bonds. The standard InChI is InChI=1S/C19H37NO/c1-15(2)17-6-10-19(21-5,11-7-17)14-20-12-8-18(9-13-20)16(3)4/h15-18H,6-14H2,1-5H3. The predicted octanol–water partition coefficient (Wildman–Crippen LogP) is 4.59. The fraction of sp³-hybridized carbons (Fsp3) is 1.00. The van der Waals surface area contributed by atoms with Crippen molar-refractivity contribution in [3.8, 4) is 0 Å². The minimum atomic E-state index is 0.149. The number of hydrogen-bond acceptors (Lipinski definition) is 2. The van der Waals surface area contributed by atoms with Crippen LogP contribution in [0.25, 0.3) is 0 Å². The lowest BCUT2D eigenvalue weighted by Crippen LogP contribution is -2.49. The van der Waals surface area contributed by atoms with Gasteiger partial charge in [0.15, 0.2) is 0 Å². The summed E-state index contributed by atoms with van der Waals surface area (Å²) in [5.41, 5.74) is 0.149. The minimum absolute atomic E-state index is 0.149. The average Bonchev–Trinajstić information content (AvgIpc) is 2.48. The smallest absolute Gasteiger partial charge is 0.0805 e. The van der Waals surface area contributed by atoms with E-state index in [1.165, 1.54) is 58.2 Å². The number of ether oxygens (including phenoxy) is 1. The third-order valence-corrected chi connectivity index (χ3v) is 6.40. The van der Waals surface area contributed by atoms with Crippen molar-refractivity contribution < 1.29 is 4.74 Å². The van der Waals surface area contributed by atoms with Crippen LogP contribution in [0, 0.1) is 23.7 Å². The molecule has 0 N–H and O–H groups in total. The van der Waals surface area contributed by atoms with Gasteiger partial charge >= 0.3 is 0 Å². The summed E-state index contributed by atoms with van der Waals surface area (Å²) in [4.78, 5) is 2.68. The van der Waals surface area contributed by atoms with E-state index in [0.717, 1.165) is 23.7 Å². The summed E-state index contributed by atoms with van der Waals surface area (Å²) in [7, 11) is 1.94. The molecule has 0 radical (unpaired) electrons. The van der Waals surface area contributed by atoms with Gasteiger partial charge in [0.25, 0.3) is 0 Å². The molecule has 124 valence electrons. The van der Waals surface area contributed by atoms with Crippen LogP contribution in [0.2, 0.25) is 0 Å². The summed E-state index contributed by atoms with van der Waals surface area (Å²) in [6.07, 6.45) is 7.99. The lowest BCUT2D eigenvalue weighted by atomic mass is 9.74. The van der Waals surface area contributed by atoms with Crippen LogP contribution in [-0.2, 0) is 4.74 Å². The van der Waals surface area contributed by atoms with Crippen LogP contribution in [0.4, 0.5) is 0 Å². The summed E-state index contributed by atoms with van der Waals surface area (Å²) >= 11 is 0. The molecule has 2 rings (SSSR count). The molecule has 1 aliphatic heterocycles. The maximum Gasteiger partial charge on any atom is 0.0805 e. The molecular weight excluding hydrogens is 258 g/mol. The van der Waals surface area contributed by atoms with Gasteiger partial charge in [0.05, 0.1) is 5.60 Å². The van der Waals surface area contributed by atoms with Gasteiger partial charge in [0.1, 0.15) is 0 Å². The van der Waals surface area contributed by atoms with E-state index >= 15 is 0 Å². The third-order valence-electron chi connectivity index (χ3n) is 6.40. The van der Waals surface area contributed by atoms with Crippen molar-refractivity contribution in [1.29, 1.82) is 0 Å². The van der Waals surface area contributed by atoms with Gasteiger partial charge in [0.2, 0.25) is 0 Å². The highest BCUT2D eigenvalue weighted by Gasteiger charge is 2.38. The van der Waals surface area contributed by atoms with Crippen LogP contribution in [0.15, 0.2) is 0 Å². The Balaban J connectivity index is 1.83. The van der Waals surface area contributed by atoms with Crippen LogP contribution in [-0.4, -0.2) is 37.2 Å². The second-order valence-corrected chi connectivity index (χ2v) is 8.33.